The fourth-order valence-electron chi connectivity index (χ4n) is 2.11. The lowest BCUT2D eigenvalue weighted by atomic mass is 10.1. The van der Waals surface area contributed by atoms with Gasteiger partial charge < -0.3 is 4.74 Å². The van der Waals surface area contributed by atoms with Crippen molar-refractivity contribution >= 4 is 11.0 Å². The van der Waals surface area contributed by atoms with Gasteiger partial charge in [0.25, 0.3) is 0 Å². The van der Waals surface area contributed by atoms with Crippen LogP contribution in [0.2, 0.25) is 0 Å². The van der Waals surface area contributed by atoms with E-state index in [9.17, 15) is 0 Å². The first-order valence-corrected chi connectivity index (χ1v) is 6.36. The van der Waals surface area contributed by atoms with Crippen LogP contribution in [0.15, 0.2) is 42.9 Å². The second-order valence-electron chi connectivity index (χ2n) is 4.33. The number of benzene rings is 1. The lowest BCUT2D eigenvalue weighted by Gasteiger charge is -2.16. The first-order valence-electron chi connectivity index (χ1n) is 6.36. The van der Waals surface area contributed by atoms with Gasteiger partial charge in [-0.25, -0.2) is 15.4 Å². The molecular weight excluding hydrogens is 268 g/mol. The van der Waals surface area contributed by atoms with Crippen LogP contribution >= 0.6 is 0 Å². The molecule has 0 aliphatic carbocycles. The zero-order chi connectivity index (χ0) is 14.7. The van der Waals surface area contributed by atoms with Crippen molar-refractivity contribution in [3.05, 3.63) is 54.2 Å². The molecule has 21 heavy (non-hydrogen) atoms. The van der Waals surface area contributed by atoms with Gasteiger partial charge in [-0.1, -0.05) is 12.1 Å². The van der Waals surface area contributed by atoms with E-state index in [1.165, 1.54) is 7.11 Å². The predicted molar refractivity (Wildman–Crippen MR) is 77.3 cm³/mol. The van der Waals surface area contributed by atoms with Gasteiger partial charge in [0.15, 0.2) is 0 Å². The second kappa shape index (κ2) is 5.78. The summed E-state index contributed by atoms with van der Waals surface area (Å²) >= 11 is 0. The van der Waals surface area contributed by atoms with Gasteiger partial charge in [0, 0.05) is 12.4 Å². The summed E-state index contributed by atoms with van der Waals surface area (Å²) in [5.41, 5.74) is 5.51. The van der Waals surface area contributed by atoms with Crippen LogP contribution in [-0.4, -0.2) is 27.0 Å². The first-order chi connectivity index (χ1) is 10.3. The number of hydrogen-bond donors (Lipinski definition) is 2. The van der Waals surface area contributed by atoms with E-state index in [1.807, 2.05) is 24.3 Å². The third-order valence-electron chi connectivity index (χ3n) is 3.09. The van der Waals surface area contributed by atoms with Crippen LogP contribution in [0.3, 0.4) is 0 Å². The summed E-state index contributed by atoms with van der Waals surface area (Å²) in [6.45, 7) is 0. The number of nitrogens with two attached hydrogens (primary N) is 1. The number of ether oxygens (including phenoxy) is 1. The van der Waals surface area contributed by atoms with Crippen molar-refractivity contribution in [2.24, 2.45) is 5.84 Å². The molecule has 3 N–H and O–H groups in total. The van der Waals surface area contributed by atoms with Gasteiger partial charge in [0.2, 0.25) is 5.88 Å². The SMILES string of the molecule is COc1nccnc1C(NN)c1cnc2ccccc2n1. The summed E-state index contributed by atoms with van der Waals surface area (Å²) in [5, 5.41) is 0. The third-order valence-corrected chi connectivity index (χ3v) is 3.09. The molecule has 3 rings (SSSR count). The molecule has 0 saturated heterocycles. The summed E-state index contributed by atoms with van der Waals surface area (Å²) < 4.78 is 5.22. The number of nitrogens with one attached hydrogen (secondary N) is 1. The summed E-state index contributed by atoms with van der Waals surface area (Å²) in [4.78, 5) is 17.4. The molecule has 2 heterocycles. The summed E-state index contributed by atoms with van der Waals surface area (Å²) in [6, 6.07) is 7.17. The van der Waals surface area contributed by atoms with Crippen LogP contribution in [0.25, 0.3) is 11.0 Å². The number of hydrogen-bond acceptors (Lipinski definition) is 7. The standard InChI is InChI=1S/C14H14N6O/c1-21-14-13(16-6-7-17-14)12(20-15)11-8-18-9-4-2-3-5-10(9)19-11/h2-8,12,20H,15H2,1H3. The third kappa shape index (κ3) is 2.51. The smallest absolute Gasteiger partial charge is 0.237 e. The van der Waals surface area contributed by atoms with E-state index in [1.54, 1.807) is 18.6 Å². The van der Waals surface area contributed by atoms with Gasteiger partial charge in [-0.3, -0.25) is 15.8 Å². The summed E-state index contributed by atoms with van der Waals surface area (Å²) in [5.74, 6) is 6.06. The van der Waals surface area contributed by atoms with Crippen LogP contribution < -0.4 is 16.0 Å². The highest BCUT2D eigenvalue weighted by atomic mass is 16.5. The van der Waals surface area contributed by atoms with E-state index >= 15 is 0 Å². The van der Waals surface area contributed by atoms with Gasteiger partial charge in [-0.2, -0.15) is 0 Å². The highest BCUT2D eigenvalue weighted by Crippen LogP contribution is 2.24. The Bertz CT molecular complexity index is 763. The van der Waals surface area contributed by atoms with Crippen molar-refractivity contribution < 1.29 is 4.74 Å². The molecule has 0 aliphatic heterocycles. The Hall–Kier alpha value is -2.64. The fraction of sp³-hybridized carbons (Fsp3) is 0.143. The van der Waals surface area contributed by atoms with Crippen LogP contribution in [0, 0.1) is 0 Å². The Morgan fingerprint density at radius 3 is 2.62 bits per heavy atom. The van der Waals surface area contributed by atoms with Gasteiger partial charge in [0.05, 0.1) is 30.0 Å². The number of nitrogens with zero attached hydrogens (tertiary/aromatic N) is 4. The minimum absolute atomic E-state index is 0.399. The zero-order valence-corrected chi connectivity index (χ0v) is 11.4. The lowest BCUT2D eigenvalue weighted by Crippen LogP contribution is -2.30. The molecule has 0 bridgehead atoms. The molecule has 0 radical (unpaired) electrons. The maximum absolute atomic E-state index is 5.66. The number of rotatable bonds is 4. The Morgan fingerprint density at radius 1 is 1.10 bits per heavy atom. The van der Waals surface area contributed by atoms with Crippen LogP contribution in [0.5, 0.6) is 5.88 Å². The van der Waals surface area contributed by atoms with Crippen molar-refractivity contribution in [2.45, 2.75) is 6.04 Å². The molecule has 1 aromatic carbocycles. The minimum atomic E-state index is -0.453. The predicted octanol–water partition coefficient (Wildman–Crippen LogP) is 0.981. The largest absolute Gasteiger partial charge is 0.480 e. The lowest BCUT2D eigenvalue weighted by molar-refractivity contribution is 0.382. The molecular formula is C14H14N6O. The molecule has 1 unspecified atom stereocenters. The van der Waals surface area contributed by atoms with E-state index in [2.05, 4.69) is 25.4 Å². The van der Waals surface area contributed by atoms with E-state index in [4.69, 9.17) is 10.6 Å². The molecule has 0 fully saturated rings. The highest BCUT2D eigenvalue weighted by molar-refractivity contribution is 5.73. The molecule has 7 nitrogen and oxygen atoms in total. The second-order valence-corrected chi connectivity index (χ2v) is 4.33. The van der Waals surface area contributed by atoms with Crippen molar-refractivity contribution in [1.82, 2.24) is 25.4 Å². The van der Waals surface area contributed by atoms with Crippen molar-refractivity contribution in [3.63, 3.8) is 0 Å². The van der Waals surface area contributed by atoms with E-state index in [0.29, 0.717) is 17.3 Å². The van der Waals surface area contributed by atoms with Gasteiger partial charge in [0.1, 0.15) is 11.7 Å². The Kier molecular flexibility index (Phi) is 3.67. The van der Waals surface area contributed by atoms with Crippen LogP contribution in [-0.2, 0) is 0 Å². The summed E-state index contributed by atoms with van der Waals surface area (Å²) in [7, 11) is 1.53. The fourth-order valence-corrected chi connectivity index (χ4v) is 2.11. The molecule has 0 aliphatic rings. The number of methoxy groups -OCH3 is 1. The van der Waals surface area contributed by atoms with Crippen LogP contribution in [0.4, 0.5) is 0 Å². The Labute approximate surface area is 121 Å². The number of fused-ring (bicyclic) bond motifs is 1. The van der Waals surface area contributed by atoms with Crippen molar-refractivity contribution in [1.29, 1.82) is 0 Å². The normalized spacial score (nSPS) is 12.3. The summed E-state index contributed by atoms with van der Waals surface area (Å²) in [6.07, 6.45) is 4.81. The van der Waals surface area contributed by atoms with E-state index < -0.39 is 6.04 Å². The average molecular weight is 282 g/mol. The number of hydrazine groups is 1. The van der Waals surface area contributed by atoms with Crippen molar-refractivity contribution in [3.8, 4) is 5.88 Å². The minimum Gasteiger partial charge on any atom is -0.480 e. The molecule has 2 aromatic heterocycles. The molecule has 0 spiro atoms. The average Bonchev–Trinajstić information content (AvgIpc) is 2.56. The molecule has 3 aromatic rings. The molecule has 7 heteroatoms. The van der Waals surface area contributed by atoms with Crippen molar-refractivity contribution in [2.75, 3.05) is 7.11 Å². The molecule has 1 atom stereocenters. The number of aromatic nitrogens is 4. The maximum Gasteiger partial charge on any atom is 0.237 e. The highest BCUT2D eigenvalue weighted by Gasteiger charge is 2.21. The van der Waals surface area contributed by atoms with Gasteiger partial charge in [-0.05, 0) is 12.1 Å². The topological polar surface area (TPSA) is 98.8 Å². The first kappa shape index (κ1) is 13.3. The Morgan fingerprint density at radius 2 is 1.86 bits per heavy atom. The maximum atomic E-state index is 5.66. The quantitative estimate of drug-likeness (QED) is 0.543. The van der Waals surface area contributed by atoms with Gasteiger partial charge in [-0.15, -0.1) is 0 Å². The molecule has 106 valence electrons. The van der Waals surface area contributed by atoms with E-state index in [0.717, 1.165) is 11.0 Å². The molecule has 0 amide bonds. The molecule has 0 saturated carbocycles. The monoisotopic (exact) mass is 282 g/mol. The Balaban J connectivity index is 2.09. The number of para-hydroxylation sites is 2. The zero-order valence-electron chi connectivity index (χ0n) is 11.4. The van der Waals surface area contributed by atoms with Gasteiger partial charge >= 0.3 is 0 Å². The van der Waals surface area contributed by atoms with Crippen LogP contribution in [0.1, 0.15) is 17.4 Å². The van der Waals surface area contributed by atoms with E-state index in [-0.39, 0.29) is 0 Å².